The quantitative estimate of drug-likeness (QED) is 0.503. The normalized spacial score (nSPS) is 10.8. The Bertz CT molecular complexity index is 572. The van der Waals surface area contributed by atoms with Gasteiger partial charge in [0.25, 0.3) is 0 Å². The van der Waals surface area contributed by atoms with Crippen LogP contribution in [-0.4, -0.2) is 9.97 Å². The zero-order chi connectivity index (χ0) is 14.5. The van der Waals surface area contributed by atoms with Gasteiger partial charge in [-0.1, -0.05) is 13.8 Å². The zero-order valence-electron chi connectivity index (χ0n) is 11.4. The van der Waals surface area contributed by atoms with E-state index >= 15 is 0 Å². The minimum absolute atomic E-state index is 0.234. The summed E-state index contributed by atoms with van der Waals surface area (Å²) in [4.78, 5) is 9.82. The second-order valence-electron chi connectivity index (χ2n) is 4.64. The first-order valence-electron chi connectivity index (χ1n) is 6.31. The van der Waals surface area contributed by atoms with Crippen molar-refractivity contribution in [2.45, 2.75) is 30.4 Å². The van der Waals surface area contributed by atoms with Gasteiger partial charge in [0.2, 0.25) is 0 Å². The van der Waals surface area contributed by atoms with E-state index in [1.54, 1.807) is 23.9 Å². The molecule has 4 nitrogen and oxygen atoms in total. The molecule has 0 saturated carbocycles. The summed E-state index contributed by atoms with van der Waals surface area (Å²) in [5.41, 5.74) is 3.51. The fraction of sp³-hybridized carbons (Fsp3) is 0.286. The largest absolute Gasteiger partial charge is 0.308 e. The van der Waals surface area contributed by atoms with Crippen molar-refractivity contribution in [1.29, 1.82) is 0 Å². The summed E-state index contributed by atoms with van der Waals surface area (Å²) >= 11 is 1.56. The standard InChI is InChI=1S/C14H17FN4S/c1-9(2)12-7-13(19-16)18-14(17-12)8-20-11-5-3-10(15)4-6-11/h3-7,9H,8,16H2,1-2H3,(H,17,18,19). The van der Waals surface area contributed by atoms with Crippen molar-refractivity contribution in [2.24, 2.45) is 5.84 Å². The molecular formula is C14H17FN4S. The monoisotopic (exact) mass is 292 g/mol. The van der Waals surface area contributed by atoms with Crippen LogP contribution in [0.3, 0.4) is 0 Å². The van der Waals surface area contributed by atoms with Crippen molar-refractivity contribution in [3.63, 3.8) is 0 Å². The molecule has 0 atom stereocenters. The third kappa shape index (κ3) is 3.91. The van der Waals surface area contributed by atoms with Crippen molar-refractivity contribution >= 4 is 17.6 Å². The average Bonchev–Trinajstić information content (AvgIpc) is 2.46. The van der Waals surface area contributed by atoms with E-state index in [0.29, 0.717) is 23.3 Å². The second-order valence-corrected chi connectivity index (χ2v) is 5.68. The van der Waals surface area contributed by atoms with E-state index in [2.05, 4.69) is 29.2 Å². The van der Waals surface area contributed by atoms with Crippen LogP contribution in [0, 0.1) is 5.82 Å². The molecule has 3 N–H and O–H groups in total. The van der Waals surface area contributed by atoms with Gasteiger partial charge in [0.05, 0.1) is 5.75 Å². The van der Waals surface area contributed by atoms with Gasteiger partial charge in [0.15, 0.2) is 0 Å². The first kappa shape index (κ1) is 14.7. The molecule has 106 valence electrons. The molecule has 0 aliphatic heterocycles. The zero-order valence-corrected chi connectivity index (χ0v) is 12.2. The number of thioether (sulfide) groups is 1. The van der Waals surface area contributed by atoms with Crippen molar-refractivity contribution in [1.82, 2.24) is 9.97 Å². The Morgan fingerprint density at radius 1 is 1.25 bits per heavy atom. The van der Waals surface area contributed by atoms with Crippen LogP contribution in [-0.2, 0) is 5.75 Å². The minimum atomic E-state index is -0.234. The van der Waals surface area contributed by atoms with Crippen molar-refractivity contribution in [2.75, 3.05) is 5.43 Å². The lowest BCUT2D eigenvalue weighted by molar-refractivity contribution is 0.626. The minimum Gasteiger partial charge on any atom is -0.308 e. The van der Waals surface area contributed by atoms with E-state index in [0.717, 1.165) is 10.6 Å². The Kier molecular flexibility index (Phi) is 4.92. The molecule has 0 aliphatic carbocycles. The number of aromatic nitrogens is 2. The third-order valence-corrected chi connectivity index (χ3v) is 3.72. The number of hydrogen-bond donors (Lipinski definition) is 2. The van der Waals surface area contributed by atoms with Gasteiger partial charge in [0.1, 0.15) is 17.5 Å². The third-order valence-electron chi connectivity index (χ3n) is 2.71. The highest BCUT2D eigenvalue weighted by Gasteiger charge is 2.08. The second kappa shape index (κ2) is 6.67. The average molecular weight is 292 g/mol. The maximum atomic E-state index is 12.8. The highest BCUT2D eigenvalue weighted by Crippen LogP contribution is 2.23. The predicted molar refractivity (Wildman–Crippen MR) is 79.9 cm³/mol. The van der Waals surface area contributed by atoms with Gasteiger partial charge in [-0.2, -0.15) is 0 Å². The molecule has 0 amide bonds. The Hall–Kier alpha value is -1.66. The van der Waals surface area contributed by atoms with Gasteiger partial charge < -0.3 is 5.43 Å². The van der Waals surface area contributed by atoms with Crippen LogP contribution in [0.5, 0.6) is 0 Å². The lowest BCUT2D eigenvalue weighted by Crippen LogP contribution is -2.11. The predicted octanol–water partition coefficient (Wildman–Crippen LogP) is 3.32. The Morgan fingerprint density at radius 3 is 2.55 bits per heavy atom. The molecule has 2 aromatic rings. The van der Waals surface area contributed by atoms with Gasteiger partial charge in [0, 0.05) is 16.7 Å². The number of halogens is 1. The SMILES string of the molecule is CC(C)c1cc(NN)nc(CSc2ccc(F)cc2)n1. The topological polar surface area (TPSA) is 63.8 Å². The Morgan fingerprint density at radius 2 is 1.95 bits per heavy atom. The van der Waals surface area contributed by atoms with E-state index in [1.165, 1.54) is 12.1 Å². The van der Waals surface area contributed by atoms with Crippen LogP contribution in [0.2, 0.25) is 0 Å². The van der Waals surface area contributed by atoms with Gasteiger partial charge in [-0.25, -0.2) is 20.2 Å². The molecule has 0 unspecified atom stereocenters. The van der Waals surface area contributed by atoms with Gasteiger partial charge >= 0.3 is 0 Å². The van der Waals surface area contributed by atoms with E-state index in [9.17, 15) is 4.39 Å². The number of benzene rings is 1. The maximum absolute atomic E-state index is 12.8. The van der Waals surface area contributed by atoms with Crippen molar-refractivity contribution < 1.29 is 4.39 Å². The first-order valence-corrected chi connectivity index (χ1v) is 7.30. The molecule has 0 spiro atoms. The number of nitrogens with zero attached hydrogens (tertiary/aromatic N) is 2. The molecule has 6 heteroatoms. The van der Waals surface area contributed by atoms with Gasteiger partial charge in [-0.3, -0.25) is 0 Å². The summed E-state index contributed by atoms with van der Waals surface area (Å²) in [6.07, 6.45) is 0. The summed E-state index contributed by atoms with van der Waals surface area (Å²) in [7, 11) is 0. The molecule has 0 aliphatic rings. The van der Waals surface area contributed by atoms with E-state index in [4.69, 9.17) is 5.84 Å². The van der Waals surface area contributed by atoms with Gasteiger partial charge in [-0.15, -0.1) is 11.8 Å². The smallest absolute Gasteiger partial charge is 0.143 e. The molecule has 0 fully saturated rings. The van der Waals surface area contributed by atoms with E-state index in [1.807, 2.05) is 6.07 Å². The van der Waals surface area contributed by atoms with E-state index in [-0.39, 0.29) is 5.82 Å². The highest BCUT2D eigenvalue weighted by atomic mass is 32.2. The molecule has 2 rings (SSSR count). The molecule has 1 aromatic heterocycles. The van der Waals surface area contributed by atoms with Gasteiger partial charge in [-0.05, 0) is 30.2 Å². The van der Waals surface area contributed by atoms with Crippen LogP contribution in [0.25, 0.3) is 0 Å². The lowest BCUT2D eigenvalue weighted by atomic mass is 10.1. The van der Waals surface area contributed by atoms with Crippen LogP contribution in [0.4, 0.5) is 10.2 Å². The summed E-state index contributed by atoms with van der Waals surface area (Å²) in [6.45, 7) is 4.14. The number of anilines is 1. The van der Waals surface area contributed by atoms with Crippen LogP contribution < -0.4 is 11.3 Å². The summed E-state index contributed by atoms with van der Waals surface area (Å²) in [6, 6.07) is 8.22. The number of nitrogens with two attached hydrogens (primary N) is 1. The molecule has 0 bridgehead atoms. The highest BCUT2D eigenvalue weighted by molar-refractivity contribution is 7.98. The summed E-state index contributed by atoms with van der Waals surface area (Å²) in [5, 5.41) is 0. The summed E-state index contributed by atoms with van der Waals surface area (Å²) < 4.78 is 12.8. The molecule has 1 aromatic carbocycles. The van der Waals surface area contributed by atoms with Crippen LogP contribution in [0.1, 0.15) is 31.3 Å². The number of nitrogens with one attached hydrogen (secondary N) is 1. The van der Waals surface area contributed by atoms with Crippen molar-refractivity contribution in [3.05, 3.63) is 47.7 Å². The lowest BCUT2D eigenvalue weighted by Gasteiger charge is -2.09. The van der Waals surface area contributed by atoms with Crippen molar-refractivity contribution in [3.8, 4) is 0 Å². The Balaban J connectivity index is 2.12. The number of hydrazine groups is 1. The molecule has 0 radical (unpaired) electrons. The number of hydrogen-bond acceptors (Lipinski definition) is 5. The van der Waals surface area contributed by atoms with Crippen LogP contribution in [0.15, 0.2) is 35.2 Å². The fourth-order valence-electron chi connectivity index (χ4n) is 1.63. The molecular weight excluding hydrogens is 275 g/mol. The van der Waals surface area contributed by atoms with Crippen LogP contribution >= 0.6 is 11.8 Å². The fourth-order valence-corrected chi connectivity index (χ4v) is 2.38. The Labute approximate surface area is 122 Å². The molecule has 20 heavy (non-hydrogen) atoms. The number of rotatable bonds is 5. The van der Waals surface area contributed by atoms with E-state index < -0.39 is 0 Å². The first-order chi connectivity index (χ1) is 9.58. The summed E-state index contributed by atoms with van der Waals surface area (Å²) in [5.74, 6) is 7.42. The molecule has 0 saturated heterocycles. The molecule has 1 heterocycles. The number of nitrogen functional groups attached to an aromatic ring is 1. The maximum Gasteiger partial charge on any atom is 0.143 e.